The molecule has 164 valence electrons. The highest BCUT2D eigenvalue weighted by molar-refractivity contribution is 5.83. The van der Waals surface area contributed by atoms with Crippen molar-refractivity contribution in [2.45, 2.75) is 19.1 Å². The van der Waals surface area contributed by atoms with Gasteiger partial charge in [0, 0.05) is 31.4 Å². The van der Waals surface area contributed by atoms with Crippen molar-refractivity contribution in [2.75, 3.05) is 26.3 Å². The van der Waals surface area contributed by atoms with Gasteiger partial charge in [-0.15, -0.1) is 6.58 Å². The minimum Gasteiger partial charge on any atom is -0.487 e. The standard InChI is InChI=1S/C25H29NO5/c1-3-14-26(17-20-9-6-5-7-10-20)18-22(27)19-28-24-12-8-11-21-16-23(31-25(21)24)13-15-30-29-4-2/h3-12,16,22,27H,1-2,13-15,17-19H2. The molecule has 1 heterocycles. The van der Waals surface area contributed by atoms with Crippen molar-refractivity contribution in [1.29, 1.82) is 0 Å². The van der Waals surface area contributed by atoms with E-state index < -0.39 is 6.10 Å². The Morgan fingerprint density at radius 1 is 1.10 bits per heavy atom. The highest BCUT2D eigenvalue weighted by atomic mass is 17.2. The molecule has 0 saturated carbocycles. The first-order chi connectivity index (χ1) is 15.2. The number of aliphatic hydroxyl groups excluding tert-OH is 1. The van der Waals surface area contributed by atoms with Gasteiger partial charge in [-0.1, -0.05) is 55.1 Å². The average molecular weight is 424 g/mol. The Bertz CT molecular complexity index is 953. The fraction of sp³-hybridized carbons (Fsp3) is 0.280. The van der Waals surface area contributed by atoms with Crippen molar-refractivity contribution in [3.8, 4) is 5.75 Å². The van der Waals surface area contributed by atoms with Crippen LogP contribution in [-0.2, 0) is 22.7 Å². The lowest BCUT2D eigenvalue weighted by Crippen LogP contribution is -2.35. The quantitative estimate of drug-likeness (QED) is 0.135. The molecule has 1 aromatic heterocycles. The number of ether oxygens (including phenoxy) is 1. The largest absolute Gasteiger partial charge is 0.487 e. The van der Waals surface area contributed by atoms with E-state index in [1.807, 2.05) is 48.5 Å². The second kappa shape index (κ2) is 12.0. The second-order valence-electron chi connectivity index (χ2n) is 7.16. The van der Waals surface area contributed by atoms with Crippen molar-refractivity contribution in [3.05, 3.63) is 91.4 Å². The van der Waals surface area contributed by atoms with Crippen LogP contribution < -0.4 is 4.74 Å². The zero-order valence-electron chi connectivity index (χ0n) is 17.6. The smallest absolute Gasteiger partial charge is 0.176 e. The van der Waals surface area contributed by atoms with Crippen LogP contribution in [0.5, 0.6) is 5.75 Å². The Labute approximate surface area is 182 Å². The predicted molar refractivity (Wildman–Crippen MR) is 121 cm³/mol. The molecule has 0 saturated heterocycles. The molecule has 0 spiro atoms. The SMILES string of the molecule is C=CCN(Cc1ccccc1)CC(O)COc1cccc2cc(CCOOC=C)oc12. The molecule has 0 aliphatic heterocycles. The van der Waals surface area contributed by atoms with Gasteiger partial charge >= 0.3 is 0 Å². The number of para-hydroxylation sites is 1. The van der Waals surface area contributed by atoms with Gasteiger partial charge < -0.3 is 19.1 Å². The number of fused-ring (bicyclic) bond motifs is 1. The molecule has 2 aromatic carbocycles. The molecule has 1 atom stereocenters. The van der Waals surface area contributed by atoms with Gasteiger partial charge in [0.2, 0.25) is 0 Å². The van der Waals surface area contributed by atoms with Crippen LogP contribution in [0.2, 0.25) is 0 Å². The lowest BCUT2D eigenvalue weighted by atomic mass is 10.2. The van der Waals surface area contributed by atoms with E-state index in [2.05, 4.69) is 35.1 Å². The minimum absolute atomic E-state index is 0.161. The lowest BCUT2D eigenvalue weighted by molar-refractivity contribution is -0.247. The van der Waals surface area contributed by atoms with Crippen LogP contribution in [0.3, 0.4) is 0 Å². The maximum absolute atomic E-state index is 10.6. The Kier molecular flexibility index (Phi) is 8.72. The summed E-state index contributed by atoms with van der Waals surface area (Å²) in [5.74, 6) is 1.36. The van der Waals surface area contributed by atoms with Crippen LogP contribution in [0.15, 0.2) is 84.5 Å². The van der Waals surface area contributed by atoms with Gasteiger partial charge in [0.05, 0.1) is 0 Å². The Morgan fingerprint density at radius 3 is 2.71 bits per heavy atom. The average Bonchev–Trinajstić information content (AvgIpc) is 3.20. The second-order valence-corrected chi connectivity index (χ2v) is 7.16. The predicted octanol–water partition coefficient (Wildman–Crippen LogP) is 4.49. The summed E-state index contributed by atoms with van der Waals surface area (Å²) in [6.07, 6.45) is 2.97. The summed E-state index contributed by atoms with van der Waals surface area (Å²) < 4.78 is 11.8. The van der Waals surface area contributed by atoms with E-state index in [4.69, 9.17) is 14.0 Å². The highest BCUT2D eigenvalue weighted by Crippen LogP contribution is 2.29. The number of hydrogen-bond acceptors (Lipinski definition) is 6. The molecule has 0 radical (unpaired) electrons. The van der Waals surface area contributed by atoms with E-state index in [-0.39, 0.29) is 6.61 Å². The topological polar surface area (TPSA) is 64.3 Å². The van der Waals surface area contributed by atoms with E-state index in [1.165, 1.54) is 11.8 Å². The molecule has 31 heavy (non-hydrogen) atoms. The Hall–Kier alpha value is -3.06. The van der Waals surface area contributed by atoms with Crippen molar-refractivity contribution in [2.24, 2.45) is 0 Å². The molecule has 0 amide bonds. The summed E-state index contributed by atoms with van der Waals surface area (Å²) in [7, 11) is 0. The van der Waals surface area contributed by atoms with Gasteiger partial charge in [0.1, 0.15) is 31.3 Å². The Morgan fingerprint density at radius 2 is 1.94 bits per heavy atom. The summed E-state index contributed by atoms with van der Waals surface area (Å²) in [6, 6.07) is 17.8. The number of aliphatic hydroxyl groups is 1. The van der Waals surface area contributed by atoms with Crippen molar-refractivity contribution in [3.63, 3.8) is 0 Å². The van der Waals surface area contributed by atoms with Gasteiger partial charge in [-0.3, -0.25) is 4.90 Å². The minimum atomic E-state index is -0.655. The van der Waals surface area contributed by atoms with Gasteiger partial charge in [-0.25, -0.2) is 0 Å². The third-order valence-electron chi connectivity index (χ3n) is 4.66. The number of benzene rings is 2. The maximum Gasteiger partial charge on any atom is 0.176 e. The fourth-order valence-electron chi connectivity index (χ4n) is 3.33. The molecular formula is C25H29NO5. The fourth-order valence-corrected chi connectivity index (χ4v) is 3.33. The van der Waals surface area contributed by atoms with Crippen LogP contribution in [-0.4, -0.2) is 42.4 Å². The van der Waals surface area contributed by atoms with E-state index >= 15 is 0 Å². The van der Waals surface area contributed by atoms with Crippen LogP contribution in [0.1, 0.15) is 11.3 Å². The molecule has 1 N–H and O–H groups in total. The van der Waals surface area contributed by atoms with Crippen LogP contribution in [0.4, 0.5) is 0 Å². The monoisotopic (exact) mass is 423 g/mol. The number of rotatable bonds is 14. The third kappa shape index (κ3) is 7.00. The van der Waals surface area contributed by atoms with Gasteiger partial charge in [0.15, 0.2) is 11.3 Å². The Balaban J connectivity index is 1.56. The normalized spacial score (nSPS) is 12.1. The number of nitrogens with zero attached hydrogens (tertiary/aromatic N) is 1. The summed E-state index contributed by atoms with van der Waals surface area (Å²) in [4.78, 5) is 11.7. The van der Waals surface area contributed by atoms with Crippen molar-refractivity contribution in [1.82, 2.24) is 4.90 Å². The maximum atomic E-state index is 10.6. The van der Waals surface area contributed by atoms with Crippen molar-refractivity contribution < 1.29 is 24.0 Å². The highest BCUT2D eigenvalue weighted by Gasteiger charge is 2.15. The molecule has 0 fully saturated rings. The molecule has 0 aliphatic rings. The molecular weight excluding hydrogens is 394 g/mol. The molecule has 0 aliphatic carbocycles. The van der Waals surface area contributed by atoms with Gasteiger partial charge in [-0.05, 0) is 17.7 Å². The van der Waals surface area contributed by atoms with E-state index in [1.54, 1.807) is 0 Å². The van der Waals surface area contributed by atoms with E-state index in [0.717, 1.165) is 17.7 Å². The number of furan rings is 1. The molecule has 0 bridgehead atoms. The lowest BCUT2D eigenvalue weighted by Gasteiger charge is -2.24. The first-order valence-corrected chi connectivity index (χ1v) is 10.3. The summed E-state index contributed by atoms with van der Waals surface area (Å²) in [5.41, 5.74) is 1.84. The summed E-state index contributed by atoms with van der Waals surface area (Å²) in [6.45, 7) is 9.64. The molecule has 3 rings (SSSR count). The van der Waals surface area contributed by atoms with Gasteiger partial charge in [-0.2, -0.15) is 4.89 Å². The van der Waals surface area contributed by atoms with Crippen molar-refractivity contribution >= 4 is 11.0 Å². The van der Waals surface area contributed by atoms with E-state index in [0.29, 0.717) is 37.4 Å². The zero-order chi connectivity index (χ0) is 21.9. The summed E-state index contributed by atoms with van der Waals surface area (Å²) >= 11 is 0. The van der Waals surface area contributed by atoms with Crippen LogP contribution >= 0.6 is 0 Å². The molecule has 6 heteroatoms. The van der Waals surface area contributed by atoms with Crippen LogP contribution in [0.25, 0.3) is 11.0 Å². The molecule has 3 aromatic rings. The number of hydrogen-bond donors (Lipinski definition) is 1. The molecule has 1 unspecified atom stereocenters. The van der Waals surface area contributed by atoms with Crippen LogP contribution in [0, 0.1) is 0 Å². The zero-order valence-corrected chi connectivity index (χ0v) is 17.6. The molecule has 6 nitrogen and oxygen atoms in total. The third-order valence-corrected chi connectivity index (χ3v) is 4.66. The van der Waals surface area contributed by atoms with E-state index in [9.17, 15) is 5.11 Å². The van der Waals surface area contributed by atoms with Gasteiger partial charge in [0.25, 0.3) is 0 Å². The first-order valence-electron chi connectivity index (χ1n) is 10.3. The first kappa shape index (κ1) is 22.6. The summed E-state index contributed by atoms with van der Waals surface area (Å²) in [5, 5.41) is 11.5.